The van der Waals surface area contributed by atoms with Gasteiger partial charge in [-0.15, -0.1) is 0 Å². The first-order valence-corrected chi connectivity index (χ1v) is 13.1. The summed E-state index contributed by atoms with van der Waals surface area (Å²) >= 11 is 0. The fourth-order valence-electron chi connectivity index (χ4n) is 3.48. The summed E-state index contributed by atoms with van der Waals surface area (Å²) in [6.45, 7) is 1.77. The molecule has 0 aromatic heterocycles. The highest BCUT2D eigenvalue weighted by Crippen LogP contribution is 2.12. The maximum absolute atomic E-state index is 11.2. The van der Waals surface area contributed by atoms with Crippen molar-refractivity contribution < 1.29 is 34.8 Å². The van der Waals surface area contributed by atoms with E-state index < -0.39 is 23.9 Å². The second-order valence-electron chi connectivity index (χ2n) is 8.74. The van der Waals surface area contributed by atoms with Gasteiger partial charge < -0.3 is 31.5 Å². The number of unbranched alkanes of at least 4 members (excludes halogenated alkanes) is 12. The van der Waals surface area contributed by atoms with Crippen LogP contribution in [0.3, 0.4) is 0 Å². The van der Waals surface area contributed by atoms with Crippen LogP contribution < -0.4 is 11.1 Å². The van der Waals surface area contributed by atoms with Crippen molar-refractivity contribution in [2.75, 3.05) is 19.7 Å². The van der Waals surface area contributed by atoms with E-state index in [4.69, 9.17) is 21.1 Å². The number of carboxylic acid groups (broad SMARTS) is 3. The Bertz CT molecular complexity index is 476. The van der Waals surface area contributed by atoms with Crippen molar-refractivity contribution in [2.24, 2.45) is 5.73 Å². The first-order chi connectivity index (χ1) is 16.3. The molecule has 202 valence electrons. The maximum Gasteiger partial charge on any atom is 0.320 e. The number of hydrogen-bond donors (Lipinski definition) is 6. The number of carbonyl (C=O) groups is 3. The van der Waals surface area contributed by atoms with Crippen LogP contribution in [0.1, 0.15) is 116 Å². The van der Waals surface area contributed by atoms with Gasteiger partial charge in [-0.25, -0.2) is 0 Å². The molecule has 0 spiro atoms. The average molecular weight is 491 g/mol. The first-order valence-electron chi connectivity index (χ1n) is 13.1. The second kappa shape index (κ2) is 27.5. The van der Waals surface area contributed by atoms with E-state index in [-0.39, 0.29) is 19.3 Å². The summed E-state index contributed by atoms with van der Waals surface area (Å²) in [6.07, 6.45) is 17.3. The van der Waals surface area contributed by atoms with Crippen LogP contribution in [0.2, 0.25) is 0 Å². The maximum atomic E-state index is 11.2. The summed E-state index contributed by atoms with van der Waals surface area (Å²) in [5.41, 5.74) is 5.45. The van der Waals surface area contributed by atoms with Crippen molar-refractivity contribution in [3.8, 4) is 0 Å². The van der Waals surface area contributed by atoms with Gasteiger partial charge in [-0.05, 0) is 45.2 Å². The minimum atomic E-state index is -0.948. The number of aliphatic hydroxyl groups excluding tert-OH is 1. The molecule has 34 heavy (non-hydrogen) atoms. The van der Waals surface area contributed by atoms with Gasteiger partial charge in [-0.3, -0.25) is 14.4 Å². The fraction of sp³-hybridized carbons (Fsp3) is 0.880. The SMILES string of the molecule is NCCCC[C@H](NCCCCCCCCCCCCCCO)C(=O)O.O=C(O)CCCC(=O)O. The van der Waals surface area contributed by atoms with Crippen LogP contribution in [0.25, 0.3) is 0 Å². The lowest BCUT2D eigenvalue weighted by Gasteiger charge is -2.14. The van der Waals surface area contributed by atoms with Crippen LogP contribution in [0.4, 0.5) is 0 Å². The smallest absolute Gasteiger partial charge is 0.320 e. The van der Waals surface area contributed by atoms with Crippen LogP contribution in [0, 0.1) is 0 Å². The van der Waals surface area contributed by atoms with E-state index in [1.54, 1.807) is 0 Å². The van der Waals surface area contributed by atoms with Gasteiger partial charge in [0.15, 0.2) is 0 Å². The van der Waals surface area contributed by atoms with Gasteiger partial charge in [0.2, 0.25) is 0 Å². The molecule has 0 rings (SSSR count). The minimum Gasteiger partial charge on any atom is -0.481 e. The average Bonchev–Trinajstić information content (AvgIpc) is 2.78. The van der Waals surface area contributed by atoms with Crippen LogP contribution in [0.5, 0.6) is 0 Å². The van der Waals surface area contributed by atoms with E-state index in [0.717, 1.165) is 32.2 Å². The second-order valence-corrected chi connectivity index (χ2v) is 8.74. The highest BCUT2D eigenvalue weighted by atomic mass is 16.4. The van der Waals surface area contributed by atoms with Gasteiger partial charge in [-0.1, -0.05) is 70.6 Å². The summed E-state index contributed by atoms with van der Waals surface area (Å²) in [6, 6.07) is -0.413. The summed E-state index contributed by atoms with van der Waals surface area (Å²) in [5, 5.41) is 37.1. The first kappa shape index (κ1) is 34.5. The van der Waals surface area contributed by atoms with Crippen LogP contribution in [-0.2, 0) is 14.4 Å². The molecule has 9 nitrogen and oxygen atoms in total. The number of nitrogens with one attached hydrogen (secondary N) is 1. The predicted octanol–water partition coefficient (Wildman–Crippen LogP) is 4.16. The molecule has 0 bridgehead atoms. The highest BCUT2D eigenvalue weighted by molar-refractivity contribution is 5.73. The van der Waals surface area contributed by atoms with Crippen LogP contribution in [-0.4, -0.2) is 64.1 Å². The number of hydrogen-bond acceptors (Lipinski definition) is 6. The molecule has 0 amide bonds. The van der Waals surface area contributed by atoms with E-state index in [9.17, 15) is 19.5 Å². The van der Waals surface area contributed by atoms with E-state index in [2.05, 4.69) is 5.32 Å². The summed E-state index contributed by atoms with van der Waals surface area (Å²) < 4.78 is 0. The molecule has 0 aliphatic carbocycles. The normalized spacial score (nSPS) is 11.5. The lowest BCUT2D eigenvalue weighted by molar-refractivity contribution is -0.140. The Kier molecular flexibility index (Phi) is 27.9. The van der Waals surface area contributed by atoms with Gasteiger partial charge in [-0.2, -0.15) is 0 Å². The van der Waals surface area contributed by atoms with Gasteiger partial charge in [0.25, 0.3) is 0 Å². The predicted molar refractivity (Wildman–Crippen MR) is 134 cm³/mol. The molecule has 7 N–H and O–H groups in total. The van der Waals surface area contributed by atoms with Crippen molar-refractivity contribution >= 4 is 17.9 Å². The molecular weight excluding hydrogens is 440 g/mol. The quantitative estimate of drug-likeness (QED) is 0.109. The molecule has 0 fully saturated rings. The molecule has 0 unspecified atom stereocenters. The van der Waals surface area contributed by atoms with Gasteiger partial charge in [0.1, 0.15) is 6.04 Å². The van der Waals surface area contributed by atoms with Gasteiger partial charge in [0, 0.05) is 19.4 Å². The Morgan fingerprint density at radius 1 is 0.618 bits per heavy atom. The molecule has 0 aliphatic heterocycles. The third kappa shape index (κ3) is 30.3. The monoisotopic (exact) mass is 490 g/mol. The minimum absolute atomic E-state index is 0.0632. The summed E-state index contributed by atoms with van der Waals surface area (Å²) in [4.78, 5) is 30.7. The zero-order valence-corrected chi connectivity index (χ0v) is 21.0. The van der Waals surface area contributed by atoms with Gasteiger partial charge >= 0.3 is 17.9 Å². The molecule has 0 aromatic carbocycles. The standard InChI is InChI=1S/C20H42N2O3.C5H8O4/c21-16-12-11-15-19(20(24)25)22-17-13-9-7-5-3-1-2-4-6-8-10-14-18-23;6-4(7)2-1-3-5(8)9/h19,22-23H,1-18,21H2,(H,24,25);1-3H2,(H,6,7)(H,8,9)/t19-;/m0./s1. The summed E-state index contributed by atoms with van der Waals surface area (Å²) in [5.74, 6) is -2.64. The molecular formula is C25H50N2O7. The van der Waals surface area contributed by atoms with E-state index in [0.29, 0.717) is 19.6 Å². The zero-order chi connectivity index (χ0) is 25.9. The number of aliphatic hydroxyl groups is 1. The van der Waals surface area contributed by atoms with Crippen molar-refractivity contribution in [3.63, 3.8) is 0 Å². The number of carboxylic acids is 3. The molecule has 1 atom stereocenters. The molecule has 0 heterocycles. The number of rotatable bonds is 24. The number of aliphatic carboxylic acids is 3. The molecule has 9 heteroatoms. The van der Waals surface area contributed by atoms with E-state index >= 15 is 0 Å². The zero-order valence-electron chi connectivity index (χ0n) is 21.0. The Balaban J connectivity index is 0. The van der Waals surface area contributed by atoms with Gasteiger partial charge in [0.05, 0.1) is 0 Å². The topological polar surface area (TPSA) is 170 Å². The molecule has 0 radical (unpaired) electrons. The largest absolute Gasteiger partial charge is 0.481 e. The number of nitrogens with two attached hydrogens (primary N) is 1. The molecule has 0 saturated heterocycles. The Hall–Kier alpha value is -1.71. The molecule has 0 saturated carbocycles. The van der Waals surface area contributed by atoms with E-state index in [1.807, 2.05) is 0 Å². The van der Waals surface area contributed by atoms with Crippen molar-refractivity contribution in [2.45, 2.75) is 122 Å². The van der Waals surface area contributed by atoms with Crippen molar-refractivity contribution in [3.05, 3.63) is 0 Å². The third-order valence-corrected chi connectivity index (χ3v) is 5.50. The Morgan fingerprint density at radius 3 is 1.44 bits per heavy atom. The lowest BCUT2D eigenvalue weighted by Crippen LogP contribution is -2.37. The Labute approximate surface area is 205 Å². The van der Waals surface area contributed by atoms with Crippen LogP contribution in [0.15, 0.2) is 0 Å². The third-order valence-electron chi connectivity index (χ3n) is 5.50. The van der Waals surface area contributed by atoms with Crippen LogP contribution >= 0.6 is 0 Å². The summed E-state index contributed by atoms with van der Waals surface area (Å²) in [7, 11) is 0. The highest BCUT2D eigenvalue weighted by Gasteiger charge is 2.15. The van der Waals surface area contributed by atoms with Crippen molar-refractivity contribution in [1.29, 1.82) is 0 Å². The van der Waals surface area contributed by atoms with E-state index in [1.165, 1.54) is 64.2 Å². The Morgan fingerprint density at radius 2 is 1.06 bits per heavy atom. The lowest BCUT2D eigenvalue weighted by atomic mass is 10.0. The van der Waals surface area contributed by atoms with Crippen molar-refractivity contribution in [1.82, 2.24) is 5.32 Å². The molecule has 0 aliphatic rings. The fourth-order valence-corrected chi connectivity index (χ4v) is 3.48. The molecule has 0 aromatic rings.